The van der Waals surface area contributed by atoms with Gasteiger partial charge in [0.05, 0.1) is 25.2 Å². The van der Waals surface area contributed by atoms with Crippen LogP contribution in [0.25, 0.3) is 0 Å². The first-order valence-corrected chi connectivity index (χ1v) is 7.36. The zero-order chi connectivity index (χ0) is 16.2. The van der Waals surface area contributed by atoms with Crippen LogP contribution in [-0.2, 0) is 14.8 Å². The van der Waals surface area contributed by atoms with Gasteiger partial charge in [0.1, 0.15) is 6.04 Å². The quantitative estimate of drug-likeness (QED) is 0.637. The summed E-state index contributed by atoms with van der Waals surface area (Å²) in [6.07, 6.45) is -1.39. The normalized spacial score (nSPS) is 14.3. The average Bonchev–Trinajstić information content (AvgIpc) is 2.43. The second-order valence-electron chi connectivity index (χ2n) is 4.19. The highest BCUT2D eigenvalue weighted by Gasteiger charge is 2.29. The molecule has 9 heteroatoms. The van der Waals surface area contributed by atoms with Gasteiger partial charge in [-0.2, -0.15) is 4.72 Å². The first-order chi connectivity index (χ1) is 9.72. The number of hydrogen-bond acceptors (Lipinski definition) is 6. The van der Waals surface area contributed by atoms with E-state index in [0.29, 0.717) is 5.75 Å². The molecule has 0 fully saturated rings. The van der Waals surface area contributed by atoms with Gasteiger partial charge in [0.15, 0.2) is 11.5 Å². The summed E-state index contributed by atoms with van der Waals surface area (Å²) in [4.78, 5) is 10.7. The molecule has 0 aromatic heterocycles. The van der Waals surface area contributed by atoms with Gasteiger partial charge in [-0.05, 0) is 19.1 Å². The molecular weight excluding hydrogens is 302 g/mol. The molecule has 1 rings (SSSR count). The first kappa shape index (κ1) is 17.2. The van der Waals surface area contributed by atoms with Crippen LogP contribution in [0.4, 0.5) is 0 Å². The van der Waals surface area contributed by atoms with Gasteiger partial charge < -0.3 is 19.7 Å². The second-order valence-corrected chi connectivity index (χ2v) is 5.91. The van der Waals surface area contributed by atoms with Crippen molar-refractivity contribution in [1.29, 1.82) is 0 Å². The third kappa shape index (κ3) is 4.06. The Morgan fingerprint density at radius 2 is 1.81 bits per heavy atom. The molecule has 0 bridgehead atoms. The Hall–Kier alpha value is -1.84. The molecule has 0 spiro atoms. The maximum absolute atomic E-state index is 12.1. The lowest BCUT2D eigenvalue weighted by Gasteiger charge is -2.17. The lowest BCUT2D eigenvalue weighted by Crippen LogP contribution is -2.47. The predicted octanol–water partition coefficient (Wildman–Crippen LogP) is -0.184. The van der Waals surface area contributed by atoms with E-state index in [2.05, 4.69) is 0 Å². The van der Waals surface area contributed by atoms with E-state index in [1.165, 1.54) is 39.3 Å². The van der Waals surface area contributed by atoms with Crippen LogP contribution in [0, 0.1) is 0 Å². The predicted molar refractivity (Wildman–Crippen MR) is 73.0 cm³/mol. The molecule has 1 aromatic rings. The number of carbonyl (C=O) groups is 1. The van der Waals surface area contributed by atoms with Crippen LogP contribution in [0.2, 0.25) is 0 Å². The molecule has 1 aromatic carbocycles. The van der Waals surface area contributed by atoms with Crippen molar-refractivity contribution in [2.75, 3.05) is 14.2 Å². The van der Waals surface area contributed by atoms with Gasteiger partial charge in [0.2, 0.25) is 10.0 Å². The topological polar surface area (TPSA) is 122 Å². The summed E-state index contributed by atoms with van der Waals surface area (Å²) in [5, 5.41) is 18.2. The number of sulfonamides is 1. The molecule has 0 saturated heterocycles. The molecule has 0 amide bonds. The minimum Gasteiger partial charge on any atom is -0.493 e. The fraction of sp³-hybridized carbons (Fsp3) is 0.417. The summed E-state index contributed by atoms with van der Waals surface area (Å²) in [6.45, 7) is 1.18. The molecule has 0 unspecified atom stereocenters. The molecule has 2 atom stereocenters. The van der Waals surface area contributed by atoms with Gasteiger partial charge in [-0.15, -0.1) is 0 Å². The molecule has 0 saturated carbocycles. The molecular formula is C12H17NO7S. The van der Waals surface area contributed by atoms with Crippen LogP contribution in [-0.4, -0.2) is 51.0 Å². The van der Waals surface area contributed by atoms with Crippen molar-refractivity contribution >= 4 is 16.0 Å². The van der Waals surface area contributed by atoms with Crippen molar-refractivity contribution < 1.29 is 32.9 Å². The van der Waals surface area contributed by atoms with Crippen LogP contribution in [0.5, 0.6) is 11.5 Å². The lowest BCUT2D eigenvalue weighted by atomic mass is 10.2. The molecule has 3 N–H and O–H groups in total. The summed E-state index contributed by atoms with van der Waals surface area (Å²) < 4.78 is 36.2. The lowest BCUT2D eigenvalue weighted by molar-refractivity contribution is -0.141. The standard InChI is InChI=1S/C12H17NO7S/c1-7(14)11(12(15)16)13-21(17,18)8-4-5-9(19-2)10(6-8)20-3/h4-7,11,13-14H,1-3H3,(H,15,16)/t7-,11+/m1/s1. The number of aliphatic carboxylic acids is 1. The summed E-state index contributed by atoms with van der Waals surface area (Å²) in [7, 11) is -1.39. The number of ether oxygens (including phenoxy) is 2. The number of carboxylic acids is 1. The van der Waals surface area contributed by atoms with E-state index >= 15 is 0 Å². The van der Waals surface area contributed by atoms with Crippen molar-refractivity contribution in [3.63, 3.8) is 0 Å². The number of methoxy groups -OCH3 is 2. The highest BCUT2D eigenvalue weighted by Crippen LogP contribution is 2.29. The number of aliphatic hydroxyl groups excluding tert-OH is 1. The third-order valence-electron chi connectivity index (χ3n) is 2.70. The molecule has 8 nitrogen and oxygen atoms in total. The summed E-state index contributed by atoms with van der Waals surface area (Å²) in [5.41, 5.74) is 0. The van der Waals surface area contributed by atoms with E-state index in [4.69, 9.17) is 14.6 Å². The van der Waals surface area contributed by atoms with Crippen molar-refractivity contribution in [2.24, 2.45) is 0 Å². The Kier molecular flexibility index (Phi) is 5.53. The van der Waals surface area contributed by atoms with Crippen LogP contribution in [0.3, 0.4) is 0 Å². The smallest absolute Gasteiger partial charge is 0.324 e. The fourth-order valence-corrected chi connectivity index (χ4v) is 2.85. The van der Waals surface area contributed by atoms with E-state index in [1.54, 1.807) is 0 Å². The monoisotopic (exact) mass is 319 g/mol. The molecule has 21 heavy (non-hydrogen) atoms. The molecule has 118 valence electrons. The summed E-state index contributed by atoms with van der Waals surface area (Å²) in [6, 6.07) is 2.17. The van der Waals surface area contributed by atoms with Crippen molar-refractivity contribution in [3.8, 4) is 11.5 Å². The van der Waals surface area contributed by atoms with Gasteiger partial charge in [-0.1, -0.05) is 0 Å². The maximum atomic E-state index is 12.1. The van der Waals surface area contributed by atoms with Crippen LogP contribution in [0.15, 0.2) is 23.1 Å². The Morgan fingerprint density at radius 3 is 2.24 bits per heavy atom. The van der Waals surface area contributed by atoms with E-state index in [0.717, 1.165) is 0 Å². The molecule has 0 aliphatic carbocycles. The number of carboxylic acid groups (broad SMARTS) is 1. The highest BCUT2D eigenvalue weighted by atomic mass is 32.2. The number of rotatable bonds is 7. The van der Waals surface area contributed by atoms with Crippen LogP contribution >= 0.6 is 0 Å². The molecule has 0 aliphatic rings. The van der Waals surface area contributed by atoms with Gasteiger partial charge in [0, 0.05) is 6.07 Å². The van der Waals surface area contributed by atoms with Crippen LogP contribution < -0.4 is 14.2 Å². The number of hydrogen-bond donors (Lipinski definition) is 3. The van der Waals surface area contributed by atoms with E-state index in [1.807, 2.05) is 4.72 Å². The largest absolute Gasteiger partial charge is 0.493 e. The number of aliphatic hydroxyl groups is 1. The molecule has 0 radical (unpaired) electrons. The fourth-order valence-electron chi connectivity index (χ4n) is 1.57. The Morgan fingerprint density at radius 1 is 1.24 bits per heavy atom. The Balaban J connectivity index is 3.16. The summed E-state index contributed by atoms with van der Waals surface area (Å²) >= 11 is 0. The second kappa shape index (κ2) is 6.74. The van der Waals surface area contributed by atoms with E-state index < -0.39 is 28.1 Å². The Bertz CT molecular complexity index is 612. The third-order valence-corrected chi connectivity index (χ3v) is 4.13. The molecule has 0 aliphatic heterocycles. The zero-order valence-electron chi connectivity index (χ0n) is 11.7. The zero-order valence-corrected chi connectivity index (χ0v) is 12.5. The SMILES string of the molecule is COc1ccc(S(=O)(=O)N[C@H](C(=O)O)[C@@H](C)O)cc1OC. The minimum atomic E-state index is -4.13. The van der Waals surface area contributed by atoms with Gasteiger partial charge in [-0.3, -0.25) is 4.79 Å². The van der Waals surface area contributed by atoms with Gasteiger partial charge in [-0.25, -0.2) is 8.42 Å². The summed E-state index contributed by atoms with van der Waals surface area (Å²) in [5.74, 6) is -0.958. The van der Waals surface area contributed by atoms with Gasteiger partial charge >= 0.3 is 5.97 Å². The van der Waals surface area contributed by atoms with Crippen molar-refractivity contribution in [3.05, 3.63) is 18.2 Å². The number of benzene rings is 1. The maximum Gasteiger partial charge on any atom is 0.324 e. The van der Waals surface area contributed by atoms with E-state index in [-0.39, 0.29) is 10.6 Å². The molecule has 0 heterocycles. The minimum absolute atomic E-state index is 0.185. The van der Waals surface area contributed by atoms with Crippen LogP contribution in [0.1, 0.15) is 6.92 Å². The average molecular weight is 319 g/mol. The van der Waals surface area contributed by atoms with Crippen molar-refractivity contribution in [1.82, 2.24) is 4.72 Å². The highest BCUT2D eigenvalue weighted by molar-refractivity contribution is 7.89. The van der Waals surface area contributed by atoms with Gasteiger partial charge in [0.25, 0.3) is 0 Å². The number of nitrogens with one attached hydrogen (secondary N) is 1. The van der Waals surface area contributed by atoms with Crippen molar-refractivity contribution in [2.45, 2.75) is 24.0 Å². The first-order valence-electron chi connectivity index (χ1n) is 5.88. The van der Waals surface area contributed by atoms with E-state index in [9.17, 15) is 18.3 Å². The Labute approximate surface area is 122 Å².